The summed E-state index contributed by atoms with van der Waals surface area (Å²) in [4.78, 5) is 52.1. The van der Waals surface area contributed by atoms with E-state index in [9.17, 15) is 19.3 Å². The van der Waals surface area contributed by atoms with E-state index in [0.29, 0.717) is 39.0 Å². The highest BCUT2D eigenvalue weighted by atomic mass is 32.2. The standard InChI is InChI=1S/C27H31N9O4S/c1-34(10-9-32-40)26(38)17-11-19-23(20(37)12-17)24(33-18-5-3-2-4-6-18)25(35(19)28)16-7-8-31-22(13-16)36(29)27(39)21-14-30-15-41-21/h2-8,13-14,17,22,30-31,33H,9-12,15,28-29H2,1H3. The van der Waals surface area contributed by atoms with Crippen molar-refractivity contribution in [3.63, 3.8) is 0 Å². The van der Waals surface area contributed by atoms with E-state index in [2.05, 4.69) is 21.1 Å². The van der Waals surface area contributed by atoms with E-state index in [-0.39, 0.29) is 43.5 Å². The number of anilines is 2. The number of nitrogens with two attached hydrogens (primary N) is 2. The van der Waals surface area contributed by atoms with Gasteiger partial charge in [-0.2, -0.15) is 4.91 Å². The molecule has 0 radical (unpaired) electrons. The van der Waals surface area contributed by atoms with Gasteiger partial charge in [0, 0.05) is 43.9 Å². The lowest BCUT2D eigenvalue weighted by Gasteiger charge is -2.28. The maximum absolute atomic E-state index is 13.6. The van der Waals surface area contributed by atoms with Crippen LogP contribution in [0.4, 0.5) is 11.4 Å². The summed E-state index contributed by atoms with van der Waals surface area (Å²) < 4.78 is 1.44. The molecule has 0 saturated heterocycles. The smallest absolute Gasteiger partial charge is 0.277 e. The molecule has 214 valence electrons. The fourth-order valence-corrected chi connectivity index (χ4v) is 5.85. The van der Waals surface area contributed by atoms with Crippen molar-refractivity contribution in [2.75, 3.05) is 37.2 Å². The summed E-state index contributed by atoms with van der Waals surface area (Å²) in [6.07, 6.45) is 6.40. The number of ketones is 1. The molecule has 2 aliphatic heterocycles. The summed E-state index contributed by atoms with van der Waals surface area (Å²) in [5, 5.41) is 13.4. The molecule has 5 rings (SSSR count). The van der Waals surface area contributed by atoms with Crippen LogP contribution in [-0.2, 0) is 16.0 Å². The van der Waals surface area contributed by atoms with Crippen LogP contribution < -0.4 is 27.6 Å². The molecule has 13 nitrogen and oxygen atoms in total. The lowest BCUT2D eigenvalue weighted by atomic mass is 9.85. The van der Waals surface area contributed by atoms with Gasteiger partial charge in [-0.1, -0.05) is 35.1 Å². The fourth-order valence-electron chi connectivity index (χ4n) is 5.13. The molecule has 1 aliphatic carbocycles. The third-order valence-corrected chi connectivity index (χ3v) is 8.10. The number of nitrogens with one attached hydrogen (secondary N) is 3. The number of para-hydroxylation sites is 1. The van der Waals surface area contributed by atoms with Gasteiger partial charge < -0.3 is 26.7 Å². The highest BCUT2D eigenvalue weighted by molar-refractivity contribution is 8.04. The first kappa shape index (κ1) is 28.0. The molecule has 3 aliphatic rings. The number of benzene rings is 1. The van der Waals surface area contributed by atoms with Crippen LogP contribution in [0.25, 0.3) is 5.57 Å². The van der Waals surface area contributed by atoms with Gasteiger partial charge in [0.1, 0.15) is 6.17 Å². The minimum Gasteiger partial charge on any atom is -0.380 e. The van der Waals surface area contributed by atoms with Crippen molar-refractivity contribution < 1.29 is 14.4 Å². The van der Waals surface area contributed by atoms with Crippen LogP contribution in [0.2, 0.25) is 0 Å². The number of rotatable bonds is 9. The number of hydrazine groups is 1. The molecule has 14 heteroatoms. The Bertz CT molecular complexity index is 1470. The van der Waals surface area contributed by atoms with Crippen molar-refractivity contribution in [2.24, 2.45) is 16.9 Å². The van der Waals surface area contributed by atoms with E-state index in [0.717, 1.165) is 10.7 Å². The molecule has 2 aromatic rings. The number of allylic oxidation sites excluding steroid dienone is 2. The zero-order valence-corrected chi connectivity index (χ0v) is 23.2. The van der Waals surface area contributed by atoms with Gasteiger partial charge in [-0.25, -0.2) is 10.9 Å². The predicted octanol–water partition coefficient (Wildman–Crippen LogP) is 1.58. The Morgan fingerprint density at radius 3 is 2.73 bits per heavy atom. The van der Waals surface area contributed by atoms with Gasteiger partial charge in [-0.3, -0.25) is 19.1 Å². The summed E-state index contributed by atoms with van der Waals surface area (Å²) in [5.74, 6) is 12.1. The fraction of sp³-hybridized carbons (Fsp3) is 0.296. The number of thioether (sulfide) groups is 1. The number of amides is 2. The third kappa shape index (κ3) is 5.56. The lowest BCUT2D eigenvalue weighted by Crippen LogP contribution is -2.51. The number of likely N-dealkylation sites (N-methyl/N-ethyl adjacent to an activating group) is 1. The Hall–Kier alpha value is -4.56. The number of dihydropyridines is 1. The van der Waals surface area contributed by atoms with Crippen LogP contribution in [-0.4, -0.2) is 64.4 Å². The number of aromatic nitrogens is 1. The molecule has 0 bridgehead atoms. The zero-order valence-electron chi connectivity index (χ0n) is 22.4. The first-order valence-corrected chi connectivity index (χ1v) is 14.0. The van der Waals surface area contributed by atoms with Crippen LogP contribution in [0.5, 0.6) is 0 Å². The van der Waals surface area contributed by atoms with Crippen LogP contribution >= 0.6 is 11.8 Å². The lowest BCUT2D eigenvalue weighted by molar-refractivity contribution is -0.134. The second-order valence-electron chi connectivity index (χ2n) is 9.83. The largest absolute Gasteiger partial charge is 0.380 e. The van der Waals surface area contributed by atoms with E-state index < -0.39 is 12.1 Å². The molecular weight excluding hydrogens is 546 g/mol. The number of nitrogens with zero attached hydrogens (tertiary/aromatic N) is 4. The molecule has 2 unspecified atom stereocenters. The van der Waals surface area contributed by atoms with Crippen LogP contribution in [0, 0.1) is 10.8 Å². The Kier molecular flexibility index (Phi) is 8.12. The van der Waals surface area contributed by atoms with E-state index in [4.69, 9.17) is 11.7 Å². The Morgan fingerprint density at radius 1 is 1.24 bits per heavy atom. The number of Topliss-reactive ketones (excluding diaryl/α,β-unsaturated/α-hetero) is 1. The Morgan fingerprint density at radius 2 is 2.02 bits per heavy atom. The van der Waals surface area contributed by atoms with E-state index >= 15 is 0 Å². The van der Waals surface area contributed by atoms with Gasteiger partial charge in [0.05, 0.1) is 45.9 Å². The second kappa shape index (κ2) is 11.9. The first-order valence-electron chi connectivity index (χ1n) is 13.0. The quantitative estimate of drug-likeness (QED) is 0.127. The molecule has 1 aromatic carbocycles. The molecule has 0 fully saturated rings. The second-order valence-corrected chi connectivity index (χ2v) is 10.8. The number of carbonyl (C=O) groups is 3. The summed E-state index contributed by atoms with van der Waals surface area (Å²) >= 11 is 1.36. The van der Waals surface area contributed by atoms with Crippen LogP contribution in [0.3, 0.4) is 0 Å². The van der Waals surface area contributed by atoms with E-state index in [1.54, 1.807) is 31.6 Å². The molecule has 2 amide bonds. The number of hydrogen-bond acceptors (Lipinski definition) is 11. The number of nitrogen functional groups attached to an aromatic ring is 1. The Labute approximate surface area is 240 Å². The average molecular weight is 578 g/mol. The van der Waals surface area contributed by atoms with Crippen molar-refractivity contribution in [2.45, 2.75) is 19.0 Å². The molecule has 7 N–H and O–H groups in total. The molecular formula is C27H31N9O4S. The van der Waals surface area contributed by atoms with Crippen molar-refractivity contribution in [3.05, 3.63) is 81.6 Å². The number of nitroso groups, excluding NO2 is 1. The van der Waals surface area contributed by atoms with E-state index in [1.807, 2.05) is 30.3 Å². The molecule has 41 heavy (non-hydrogen) atoms. The van der Waals surface area contributed by atoms with Crippen molar-refractivity contribution in [1.29, 1.82) is 0 Å². The molecule has 0 spiro atoms. The van der Waals surface area contributed by atoms with Gasteiger partial charge in [-0.05, 0) is 30.5 Å². The SMILES string of the molecule is CN(CCN=O)C(=O)C1CC(=O)c2c(Nc3ccccc3)c(C3=CC(N(N)C(=O)C4=CNCS4)NC=C3)n(N)c2C1. The summed E-state index contributed by atoms with van der Waals surface area (Å²) in [7, 11) is 1.59. The van der Waals surface area contributed by atoms with Gasteiger partial charge >= 0.3 is 0 Å². The van der Waals surface area contributed by atoms with E-state index in [1.165, 1.54) is 21.3 Å². The van der Waals surface area contributed by atoms with Crippen molar-refractivity contribution in [3.8, 4) is 0 Å². The van der Waals surface area contributed by atoms with Gasteiger partial charge in [0.25, 0.3) is 5.91 Å². The average Bonchev–Trinajstić information content (AvgIpc) is 3.62. The normalized spacial score (nSPS) is 19.3. The van der Waals surface area contributed by atoms with Crippen LogP contribution in [0.15, 0.2) is 65.0 Å². The Balaban J connectivity index is 1.53. The third-order valence-electron chi connectivity index (χ3n) is 7.18. The maximum Gasteiger partial charge on any atom is 0.277 e. The molecule has 3 heterocycles. The topological polar surface area (TPSA) is 180 Å². The van der Waals surface area contributed by atoms with Crippen molar-refractivity contribution >= 4 is 46.3 Å². The highest BCUT2D eigenvalue weighted by Crippen LogP contribution is 2.40. The van der Waals surface area contributed by atoms with Gasteiger partial charge in [0.2, 0.25) is 5.91 Å². The van der Waals surface area contributed by atoms with Crippen molar-refractivity contribution in [1.82, 2.24) is 25.2 Å². The monoisotopic (exact) mass is 577 g/mol. The zero-order chi connectivity index (χ0) is 29.1. The molecule has 0 saturated carbocycles. The number of hydrogen-bond donors (Lipinski definition) is 5. The summed E-state index contributed by atoms with van der Waals surface area (Å²) in [5.41, 5.74) is 3.32. The minimum absolute atomic E-state index is 0.00255. The summed E-state index contributed by atoms with van der Waals surface area (Å²) in [6.45, 7) is 0.140. The highest BCUT2D eigenvalue weighted by Gasteiger charge is 2.38. The molecule has 2 atom stereocenters. The van der Waals surface area contributed by atoms with Gasteiger partial charge in [0.15, 0.2) is 5.78 Å². The van der Waals surface area contributed by atoms with Gasteiger partial charge in [-0.15, -0.1) is 0 Å². The predicted molar refractivity (Wildman–Crippen MR) is 157 cm³/mol. The number of carbonyl (C=O) groups excluding carboxylic acids is 3. The van der Waals surface area contributed by atoms with Crippen LogP contribution in [0.1, 0.15) is 28.2 Å². The molecule has 1 aromatic heterocycles. The number of fused-ring (bicyclic) bond motifs is 1. The minimum atomic E-state index is -0.689. The first-order chi connectivity index (χ1) is 19.8. The summed E-state index contributed by atoms with van der Waals surface area (Å²) in [6, 6.07) is 9.37. The maximum atomic E-state index is 13.6.